The second-order valence-corrected chi connectivity index (χ2v) is 13.4. The highest BCUT2D eigenvalue weighted by Crippen LogP contribution is 2.49. The number of rotatable bonds is 6. The van der Waals surface area contributed by atoms with E-state index in [1.807, 2.05) is 0 Å². The van der Waals surface area contributed by atoms with E-state index in [4.69, 9.17) is 19.5 Å². The minimum atomic E-state index is -0.680. The molecule has 0 spiro atoms. The first-order valence-electron chi connectivity index (χ1n) is 14.2. The van der Waals surface area contributed by atoms with Gasteiger partial charge < -0.3 is 9.47 Å². The fourth-order valence-electron chi connectivity index (χ4n) is 7.02. The molecule has 2 aliphatic carbocycles. The molecule has 204 valence electrons. The summed E-state index contributed by atoms with van der Waals surface area (Å²) in [6.07, 6.45) is 3.09. The van der Waals surface area contributed by atoms with Crippen LogP contribution in [0.25, 0.3) is 0 Å². The number of hydrogen-bond acceptors (Lipinski definition) is 4. The van der Waals surface area contributed by atoms with Gasteiger partial charge in [-0.25, -0.2) is 9.98 Å². The first kappa shape index (κ1) is 25.5. The van der Waals surface area contributed by atoms with Crippen LogP contribution in [0.4, 0.5) is 0 Å². The molecule has 0 aromatic heterocycles. The average Bonchev–Trinajstić information content (AvgIpc) is 3.74. The van der Waals surface area contributed by atoms with Crippen LogP contribution in [0.5, 0.6) is 0 Å². The number of nitrogens with zero attached hydrogens (tertiary/aromatic N) is 2. The van der Waals surface area contributed by atoms with Crippen LogP contribution >= 0.6 is 31.9 Å². The molecule has 0 radical (unpaired) electrons. The minimum Gasteiger partial charge on any atom is -0.474 e. The maximum Gasteiger partial charge on any atom is 0.201 e. The van der Waals surface area contributed by atoms with E-state index in [0.717, 1.165) is 33.6 Å². The zero-order valence-corrected chi connectivity index (χ0v) is 25.5. The molecule has 6 heteroatoms. The largest absolute Gasteiger partial charge is 0.474 e. The SMILES string of the molecule is Brc1ccc(CC(Cc2ccc(Br)cc2)(C2=NC3c4ccccc4CC3O2)C2=NC3c4ccccc4CC3O2)cc1. The first-order valence-corrected chi connectivity index (χ1v) is 15.8. The molecule has 2 aliphatic heterocycles. The normalized spacial score (nSPS) is 23.6. The topological polar surface area (TPSA) is 43.2 Å². The lowest BCUT2D eigenvalue weighted by molar-refractivity contribution is 0.162. The molecule has 0 saturated carbocycles. The maximum atomic E-state index is 6.90. The summed E-state index contributed by atoms with van der Waals surface area (Å²) in [5.41, 5.74) is 6.91. The lowest BCUT2D eigenvalue weighted by atomic mass is 9.75. The molecule has 0 fully saturated rings. The Morgan fingerprint density at radius 1 is 0.585 bits per heavy atom. The number of fused-ring (bicyclic) bond motifs is 6. The number of hydrogen-bond donors (Lipinski definition) is 0. The Morgan fingerprint density at radius 3 is 1.44 bits per heavy atom. The predicted molar refractivity (Wildman–Crippen MR) is 169 cm³/mol. The molecular weight excluding hydrogens is 640 g/mol. The van der Waals surface area contributed by atoms with Crippen LogP contribution < -0.4 is 0 Å². The van der Waals surface area contributed by atoms with E-state index in [0.29, 0.717) is 12.8 Å². The van der Waals surface area contributed by atoms with Crippen LogP contribution in [0, 0.1) is 5.41 Å². The van der Waals surface area contributed by atoms with Gasteiger partial charge in [0.15, 0.2) is 0 Å². The lowest BCUT2D eigenvalue weighted by Gasteiger charge is -2.34. The van der Waals surface area contributed by atoms with Crippen molar-refractivity contribution >= 4 is 43.7 Å². The zero-order chi connectivity index (χ0) is 27.6. The van der Waals surface area contributed by atoms with Crippen molar-refractivity contribution in [3.05, 3.63) is 139 Å². The van der Waals surface area contributed by atoms with Crippen LogP contribution in [0.1, 0.15) is 45.5 Å². The molecular formula is C35H28Br2N2O2. The van der Waals surface area contributed by atoms with E-state index in [9.17, 15) is 0 Å². The maximum absolute atomic E-state index is 6.90. The van der Waals surface area contributed by atoms with Gasteiger partial charge in [-0.15, -0.1) is 0 Å². The second-order valence-electron chi connectivity index (χ2n) is 11.6. The quantitative estimate of drug-likeness (QED) is 0.208. The molecule has 0 amide bonds. The number of halogens is 2. The standard InChI is InChI=1S/C35H28Br2N2O2/c36-25-13-9-21(10-14-25)19-35(20-22-11-15-26(37)16-12-22,33-38-31-27-7-3-1-5-23(27)17-29(31)40-33)34-39-32-28-8-4-2-6-24(28)18-30(32)41-34/h1-16,29-32H,17-20H2. The highest BCUT2D eigenvalue weighted by molar-refractivity contribution is 9.10. The van der Waals surface area contributed by atoms with Gasteiger partial charge in [-0.3, -0.25) is 0 Å². The summed E-state index contributed by atoms with van der Waals surface area (Å²) in [7, 11) is 0. The monoisotopic (exact) mass is 666 g/mol. The van der Waals surface area contributed by atoms with Crippen molar-refractivity contribution in [1.82, 2.24) is 0 Å². The van der Waals surface area contributed by atoms with E-state index >= 15 is 0 Å². The highest BCUT2D eigenvalue weighted by atomic mass is 79.9. The molecule has 4 aromatic carbocycles. The summed E-state index contributed by atoms with van der Waals surface area (Å²) < 4.78 is 15.9. The fraction of sp³-hybridized carbons (Fsp3) is 0.257. The fourth-order valence-corrected chi connectivity index (χ4v) is 7.55. The molecule has 4 aromatic rings. The Hall–Kier alpha value is -3.22. The Balaban J connectivity index is 1.29. The summed E-state index contributed by atoms with van der Waals surface area (Å²) in [5.74, 6) is 1.50. The van der Waals surface area contributed by atoms with Crippen LogP contribution in [-0.4, -0.2) is 24.0 Å². The molecule has 8 rings (SSSR count). The van der Waals surface area contributed by atoms with E-state index in [2.05, 4.69) is 129 Å². The van der Waals surface area contributed by atoms with Crippen LogP contribution in [0.2, 0.25) is 0 Å². The molecule has 0 saturated heterocycles. The molecule has 4 unspecified atom stereocenters. The third-order valence-electron chi connectivity index (χ3n) is 8.99. The molecule has 4 aliphatic rings. The van der Waals surface area contributed by atoms with Crippen molar-refractivity contribution in [2.24, 2.45) is 15.4 Å². The first-order chi connectivity index (χ1) is 20.1. The van der Waals surface area contributed by atoms with E-state index < -0.39 is 5.41 Å². The Kier molecular flexibility index (Phi) is 6.19. The van der Waals surface area contributed by atoms with Crippen LogP contribution in [-0.2, 0) is 35.2 Å². The van der Waals surface area contributed by atoms with Crippen molar-refractivity contribution < 1.29 is 9.47 Å². The Morgan fingerprint density at radius 2 is 1.00 bits per heavy atom. The molecule has 41 heavy (non-hydrogen) atoms. The van der Waals surface area contributed by atoms with Gasteiger partial charge in [0.2, 0.25) is 11.8 Å². The Bertz CT molecular complexity index is 1570. The summed E-state index contributed by atoms with van der Waals surface area (Å²) in [4.78, 5) is 10.8. The number of benzene rings is 4. The smallest absolute Gasteiger partial charge is 0.201 e. The molecule has 0 N–H and O–H groups in total. The van der Waals surface area contributed by atoms with Gasteiger partial charge in [0.25, 0.3) is 0 Å². The van der Waals surface area contributed by atoms with Gasteiger partial charge in [-0.1, -0.05) is 105 Å². The summed E-state index contributed by atoms with van der Waals surface area (Å²) in [6, 6.07) is 34.3. The molecule has 4 nitrogen and oxygen atoms in total. The number of aliphatic imine (C=N–C) groups is 2. The highest BCUT2D eigenvalue weighted by Gasteiger charge is 2.54. The van der Waals surface area contributed by atoms with Gasteiger partial charge in [-0.05, 0) is 70.5 Å². The zero-order valence-electron chi connectivity index (χ0n) is 22.3. The molecule has 0 bridgehead atoms. The summed E-state index contributed by atoms with van der Waals surface area (Å²) in [5, 5.41) is 0. The van der Waals surface area contributed by atoms with Crippen molar-refractivity contribution in [3.8, 4) is 0 Å². The lowest BCUT2D eigenvalue weighted by Crippen LogP contribution is -2.45. The molecule has 4 atom stereocenters. The van der Waals surface area contributed by atoms with Gasteiger partial charge >= 0.3 is 0 Å². The third-order valence-corrected chi connectivity index (χ3v) is 10.0. The van der Waals surface area contributed by atoms with Crippen molar-refractivity contribution in [3.63, 3.8) is 0 Å². The van der Waals surface area contributed by atoms with Gasteiger partial charge in [0, 0.05) is 21.8 Å². The minimum absolute atomic E-state index is 0.00107. The van der Waals surface area contributed by atoms with Crippen molar-refractivity contribution in [1.29, 1.82) is 0 Å². The number of ether oxygens (including phenoxy) is 2. The van der Waals surface area contributed by atoms with Crippen molar-refractivity contribution in [2.75, 3.05) is 0 Å². The summed E-state index contributed by atoms with van der Waals surface area (Å²) in [6.45, 7) is 0. The van der Waals surface area contributed by atoms with Crippen LogP contribution in [0.15, 0.2) is 116 Å². The summed E-state index contributed by atoms with van der Waals surface area (Å²) >= 11 is 7.23. The Labute approximate surface area is 256 Å². The van der Waals surface area contributed by atoms with Crippen LogP contribution in [0.3, 0.4) is 0 Å². The van der Waals surface area contributed by atoms with E-state index in [-0.39, 0.29) is 24.3 Å². The van der Waals surface area contributed by atoms with E-state index in [1.54, 1.807) is 0 Å². The third kappa shape index (κ3) is 4.38. The van der Waals surface area contributed by atoms with Gasteiger partial charge in [0.05, 0.1) is 0 Å². The second kappa shape index (κ2) is 9.95. The van der Waals surface area contributed by atoms with Gasteiger partial charge in [-0.2, -0.15) is 0 Å². The predicted octanol–water partition coefficient (Wildman–Crippen LogP) is 8.17. The van der Waals surface area contributed by atoms with E-state index in [1.165, 1.54) is 33.4 Å². The van der Waals surface area contributed by atoms with Gasteiger partial charge in [0.1, 0.15) is 29.7 Å². The van der Waals surface area contributed by atoms with Crippen molar-refractivity contribution in [2.45, 2.75) is 50.0 Å². The molecule has 2 heterocycles. The average molecular weight is 668 g/mol.